The third-order valence-electron chi connectivity index (χ3n) is 3.90. The highest BCUT2D eigenvalue weighted by molar-refractivity contribution is 5.78. The molecule has 2 rings (SSSR count). The van der Waals surface area contributed by atoms with E-state index in [0.29, 0.717) is 5.92 Å². The van der Waals surface area contributed by atoms with Gasteiger partial charge in [-0.1, -0.05) is 38.1 Å². The molecular weight excluding hydrogens is 278 g/mol. The molecule has 0 bridgehead atoms. The number of carbonyl (C=O) groups is 1. The van der Waals surface area contributed by atoms with Crippen LogP contribution in [0.3, 0.4) is 0 Å². The number of aryl methyl sites for hydroxylation is 1. The molecule has 0 saturated heterocycles. The Morgan fingerprint density at radius 3 is 2.82 bits per heavy atom. The molecule has 1 aliphatic rings. The fourth-order valence-electron chi connectivity index (χ4n) is 2.65. The Morgan fingerprint density at radius 1 is 1.41 bits per heavy atom. The molecule has 22 heavy (non-hydrogen) atoms. The SMILES string of the molecule is Cc1ccc(C(C)C)c(OCC(=O)N[C@@H]2C=C[C@H](CO)C2)c1. The predicted octanol–water partition coefficient (Wildman–Crippen LogP) is 2.55. The number of rotatable bonds is 6. The standard InChI is InChI=1S/C18H25NO3/c1-12(2)16-7-4-13(3)8-17(16)22-11-18(21)19-15-6-5-14(9-15)10-20/h4-8,12,14-15,20H,9-11H2,1-3H3,(H,19,21)/t14-,15+/m0/s1. The van der Waals surface area contributed by atoms with Crippen LogP contribution in [0.15, 0.2) is 30.4 Å². The first-order valence-corrected chi connectivity index (χ1v) is 7.81. The molecule has 0 saturated carbocycles. The van der Waals surface area contributed by atoms with Gasteiger partial charge in [-0.25, -0.2) is 0 Å². The van der Waals surface area contributed by atoms with E-state index in [4.69, 9.17) is 9.84 Å². The van der Waals surface area contributed by atoms with Crippen LogP contribution in [0.2, 0.25) is 0 Å². The van der Waals surface area contributed by atoms with E-state index in [9.17, 15) is 4.79 Å². The summed E-state index contributed by atoms with van der Waals surface area (Å²) in [5.74, 6) is 1.14. The van der Waals surface area contributed by atoms with Crippen molar-refractivity contribution in [2.45, 2.75) is 39.2 Å². The first-order chi connectivity index (χ1) is 10.5. The van der Waals surface area contributed by atoms with Crippen LogP contribution in [0.4, 0.5) is 0 Å². The van der Waals surface area contributed by atoms with Crippen LogP contribution < -0.4 is 10.1 Å². The Bertz CT molecular complexity index is 551. The van der Waals surface area contributed by atoms with E-state index in [-0.39, 0.29) is 31.1 Å². The van der Waals surface area contributed by atoms with Gasteiger partial charge in [-0.15, -0.1) is 0 Å². The average Bonchev–Trinajstić information content (AvgIpc) is 2.92. The summed E-state index contributed by atoms with van der Waals surface area (Å²) in [5, 5.41) is 12.0. The molecule has 0 spiro atoms. The van der Waals surface area contributed by atoms with Crippen molar-refractivity contribution in [3.8, 4) is 5.75 Å². The zero-order valence-electron chi connectivity index (χ0n) is 13.5. The van der Waals surface area contributed by atoms with E-state index < -0.39 is 0 Å². The fraction of sp³-hybridized carbons (Fsp3) is 0.500. The van der Waals surface area contributed by atoms with Gasteiger partial charge in [-0.05, 0) is 36.5 Å². The molecule has 2 N–H and O–H groups in total. The molecule has 4 heteroatoms. The summed E-state index contributed by atoms with van der Waals surface area (Å²) >= 11 is 0. The van der Waals surface area contributed by atoms with Crippen molar-refractivity contribution in [1.29, 1.82) is 0 Å². The average molecular weight is 303 g/mol. The molecule has 0 radical (unpaired) electrons. The second-order valence-corrected chi connectivity index (χ2v) is 6.22. The van der Waals surface area contributed by atoms with Gasteiger partial charge in [0.1, 0.15) is 5.75 Å². The highest BCUT2D eigenvalue weighted by Gasteiger charge is 2.20. The Kier molecular flexibility index (Phi) is 5.61. The molecule has 0 unspecified atom stereocenters. The number of benzene rings is 1. The molecule has 0 fully saturated rings. The first-order valence-electron chi connectivity index (χ1n) is 7.81. The molecule has 1 aliphatic carbocycles. The minimum Gasteiger partial charge on any atom is -0.483 e. The quantitative estimate of drug-likeness (QED) is 0.794. The van der Waals surface area contributed by atoms with Gasteiger partial charge < -0.3 is 15.2 Å². The molecular formula is C18H25NO3. The van der Waals surface area contributed by atoms with Gasteiger partial charge in [-0.3, -0.25) is 4.79 Å². The number of hydrogen-bond donors (Lipinski definition) is 2. The summed E-state index contributed by atoms with van der Waals surface area (Å²) in [6, 6.07) is 6.08. The highest BCUT2D eigenvalue weighted by Crippen LogP contribution is 2.27. The van der Waals surface area contributed by atoms with Crippen molar-refractivity contribution < 1.29 is 14.6 Å². The maximum atomic E-state index is 12.0. The molecule has 0 aliphatic heterocycles. The van der Waals surface area contributed by atoms with E-state index in [1.165, 1.54) is 0 Å². The summed E-state index contributed by atoms with van der Waals surface area (Å²) in [6.45, 7) is 6.36. The molecule has 4 nitrogen and oxygen atoms in total. The third kappa shape index (κ3) is 4.34. The largest absolute Gasteiger partial charge is 0.483 e. The highest BCUT2D eigenvalue weighted by atomic mass is 16.5. The molecule has 1 aromatic rings. The number of aliphatic hydroxyl groups excluding tert-OH is 1. The second-order valence-electron chi connectivity index (χ2n) is 6.22. The lowest BCUT2D eigenvalue weighted by Gasteiger charge is -2.16. The van der Waals surface area contributed by atoms with E-state index >= 15 is 0 Å². The van der Waals surface area contributed by atoms with Gasteiger partial charge in [-0.2, -0.15) is 0 Å². The number of ether oxygens (including phenoxy) is 1. The van der Waals surface area contributed by atoms with Crippen LogP contribution in [0.5, 0.6) is 5.75 Å². The van der Waals surface area contributed by atoms with Crippen molar-refractivity contribution in [3.05, 3.63) is 41.5 Å². The Labute approximate surface area is 132 Å². The molecule has 1 amide bonds. The zero-order chi connectivity index (χ0) is 16.1. The molecule has 2 atom stereocenters. The van der Waals surface area contributed by atoms with Gasteiger partial charge >= 0.3 is 0 Å². The number of nitrogens with one attached hydrogen (secondary N) is 1. The lowest BCUT2D eigenvalue weighted by Crippen LogP contribution is -2.36. The van der Waals surface area contributed by atoms with Gasteiger partial charge in [0, 0.05) is 18.6 Å². The lowest BCUT2D eigenvalue weighted by atomic mass is 10.0. The normalized spacial score (nSPS) is 20.4. The van der Waals surface area contributed by atoms with Crippen molar-refractivity contribution in [3.63, 3.8) is 0 Å². The number of aliphatic hydroxyl groups is 1. The molecule has 1 aromatic carbocycles. The van der Waals surface area contributed by atoms with Crippen LogP contribution in [0, 0.1) is 12.8 Å². The van der Waals surface area contributed by atoms with Crippen molar-refractivity contribution in [2.75, 3.05) is 13.2 Å². The maximum absolute atomic E-state index is 12.0. The van der Waals surface area contributed by atoms with Crippen LogP contribution in [0.1, 0.15) is 37.3 Å². The van der Waals surface area contributed by atoms with Gasteiger partial charge in [0.05, 0.1) is 0 Å². The van der Waals surface area contributed by atoms with Crippen molar-refractivity contribution >= 4 is 5.91 Å². The first kappa shape index (κ1) is 16.6. The fourth-order valence-corrected chi connectivity index (χ4v) is 2.65. The lowest BCUT2D eigenvalue weighted by molar-refractivity contribution is -0.123. The van der Waals surface area contributed by atoms with E-state index in [1.54, 1.807) is 0 Å². The minimum absolute atomic E-state index is 0.00433. The Hall–Kier alpha value is -1.81. The van der Waals surface area contributed by atoms with E-state index in [2.05, 4.69) is 31.3 Å². The molecule has 0 heterocycles. The Morgan fingerprint density at radius 2 is 2.18 bits per heavy atom. The number of amides is 1. The van der Waals surface area contributed by atoms with Crippen LogP contribution in [-0.4, -0.2) is 30.3 Å². The van der Waals surface area contributed by atoms with Gasteiger partial charge in [0.2, 0.25) is 0 Å². The molecule has 120 valence electrons. The van der Waals surface area contributed by atoms with Crippen LogP contribution in [0.25, 0.3) is 0 Å². The second kappa shape index (κ2) is 7.45. The van der Waals surface area contributed by atoms with E-state index in [0.717, 1.165) is 23.3 Å². The maximum Gasteiger partial charge on any atom is 0.258 e. The van der Waals surface area contributed by atoms with Gasteiger partial charge in [0.25, 0.3) is 5.91 Å². The van der Waals surface area contributed by atoms with E-state index in [1.807, 2.05) is 25.1 Å². The van der Waals surface area contributed by atoms with Crippen LogP contribution >= 0.6 is 0 Å². The van der Waals surface area contributed by atoms with Crippen LogP contribution in [-0.2, 0) is 4.79 Å². The molecule has 0 aromatic heterocycles. The Balaban J connectivity index is 1.89. The van der Waals surface area contributed by atoms with Gasteiger partial charge in [0.15, 0.2) is 6.61 Å². The summed E-state index contributed by atoms with van der Waals surface area (Å²) in [5.41, 5.74) is 2.23. The monoisotopic (exact) mass is 303 g/mol. The summed E-state index contributed by atoms with van der Waals surface area (Å²) in [7, 11) is 0. The summed E-state index contributed by atoms with van der Waals surface area (Å²) in [6.07, 6.45) is 4.64. The topological polar surface area (TPSA) is 58.6 Å². The summed E-state index contributed by atoms with van der Waals surface area (Å²) < 4.78 is 5.72. The zero-order valence-corrected chi connectivity index (χ0v) is 13.5. The minimum atomic E-state index is -0.135. The smallest absolute Gasteiger partial charge is 0.258 e. The summed E-state index contributed by atoms with van der Waals surface area (Å²) in [4.78, 5) is 12.0. The number of carbonyl (C=O) groups excluding carboxylic acids is 1. The number of hydrogen-bond acceptors (Lipinski definition) is 3. The predicted molar refractivity (Wildman–Crippen MR) is 87.0 cm³/mol. The van der Waals surface area contributed by atoms with Crippen molar-refractivity contribution in [2.24, 2.45) is 5.92 Å². The third-order valence-corrected chi connectivity index (χ3v) is 3.90. The van der Waals surface area contributed by atoms with Crippen molar-refractivity contribution in [1.82, 2.24) is 5.32 Å².